The van der Waals surface area contributed by atoms with Crippen LogP contribution in [0, 0.1) is 6.92 Å². The van der Waals surface area contributed by atoms with Gasteiger partial charge in [-0.25, -0.2) is 9.59 Å². The summed E-state index contributed by atoms with van der Waals surface area (Å²) in [7, 11) is 1.51. The first-order valence-electron chi connectivity index (χ1n) is 10.8. The van der Waals surface area contributed by atoms with Crippen LogP contribution in [0.2, 0.25) is 0 Å². The first-order valence-corrected chi connectivity index (χ1v) is 10.8. The maximum Gasteiger partial charge on any atom is 0.343 e. The highest BCUT2D eigenvalue weighted by molar-refractivity contribution is 5.92. The van der Waals surface area contributed by atoms with Gasteiger partial charge in [0, 0.05) is 6.07 Å². The summed E-state index contributed by atoms with van der Waals surface area (Å²) in [6.07, 6.45) is 0. The molecule has 0 fully saturated rings. The van der Waals surface area contributed by atoms with E-state index >= 15 is 0 Å². The average molecular weight is 474 g/mol. The molecule has 4 rings (SSSR count). The number of carbonyl (C=O) groups excluding carboxylic acids is 2. The Labute approximate surface area is 200 Å². The third-order valence-electron chi connectivity index (χ3n) is 5.09. The van der Waals surface area contributed by atoms with Crippen LogP contribution in [0.15, 0.2) is 75.9 Å². The SMILES string of the molecule is CCOC(=O)c1ccc(Oc2c(C)oc3cc(OC(=O)c4cccc(OC)c4)ccc3c2=O)cc1. The zero-order valence-electron chi connectivity index (χ0n) is 19.3. The van der Waals surface area contributed by atoms with Gasteiger partial charge >= 0.3 is 11.9 Å². The van der Waals surface area contributed by atoms with Crippen LogP contribution in [-0.4, -0.2) is 25.7 Å². The number of esters is 2. The highest BCUT2D eigenvalue weighted by Gasteiger charge is 2.17. The van der Waals surface area contributed by atoms with E-state index in [2.05, 4.69) is 0 Å². The number of benzene rings is 3. The number of fused-ring (bicyclic) bond motifs is 1. The molecule has 0 unspecified atom stereocenters. The van der Waals surface area contributed by atoms with Gasteiger partial charge in [0.15, 0.2) is 0 Å². The van der Waals surface area contributed by atoms with Gasteiger partial charge in [0.2, 0.25) is 11.2 Å². The van der Waals surface area contributed by atoms with Crippen molar-refractivity contribution in [2.45, 2.75) is 13.8 Å². The van der Waals surface area contributed by atoms with Crippen LogP contribution < -0.4 is 19.6 Å². The Morgan fingerprint density at radius 2 is 1.60 bits per heavy atom. The van der Waals surface area contributed by atoms with Gasteiger partial charge in [-0.3, -0.25) is 4.79 Å². The molecule has 0 atom stereocenters. The van der Waals surface area contributed by atoms with Crippen molar-refractivity contribution in [3.05, 3.63) is 93.8 Å². The molecule has 1 heterocycles. The van der Waals surface area contributed by atoms with Gasteiger partial charge in [-0.1, -0.05) is 6.07 Å². The molecule has 3 aromatic carbocycles. The molecular weight excluding hydrogens is 452 g/mol. The van der Waals surface area contributed by atoms with Gasteiger partial charge in [-0.15, -0.1) is 0 Å². The minimum absolute atomic E-state index is 0.0162. The number of hydrogen-bond acceptors (Lipinski definition) is 8. The largest absolute Gasteiger partial charge is 0.497 e. The van der Waals surface area contributed by atoms with Crippen molar-refractivity contribution in [3.8, 4) is 23.0 Å². The van der Waals surface area contributed by atoms with Crippen molar-refractivity contribution >= 4 is 22.9 Å². The van der Waals surface area contributed by atoms with Crippen LogP contribution in [0.1, 0.15) is 33.4 Å². The molecule has 8 heteroatoms. The van der Waals surface area contributed by atoms with E-state index in [0.717, 1.165) is 0 Å². The minimum Gasteiger partial charge on any atom is -0.497 e. The molecule has 0 amide bonds. The van der Waals surface area contributed by atoms with Crippen molar-refractivity contribution in [1.82, 2.24) is 0 Å². The lowest BCUT2D eigenvalue weighted by Gasteiger charge is -2.10. The van der Waals surface area contributed by atoms with Crippen molar-refractivity contribution in [3.63, 3.8) is 0 Å². The Balaban J connectivity index is 1.57. The predicted molar refractivity (Wildman–Crippen MR) is 128 cm³/mol. The van der Waals surface area contributed by atoms with E-state index < -0.39 is 11.9 Å². The second kappa shape index (κ2) is 10.1. The van der Waals surface area contributed by atoms with Crippen molar-refractivity contribution in [1.29, 1.82) is 0 Å². The van der Waals surface area contributed by atoms with Gasteiger partial charge in [0.25, 0.3) is 0 Å². The summed E-state index contributed by atoms with van der Waals surface area (Å²) in [5.74, 6) is 0.350. The van der Waals surface area contributed by atoms with Crippen molar-refractivity contribution < 1.29 is 33.0 Å². The molecule has 0 aliphatic carbocycles. The lowest BCUT2D eigenvalue weighted by atomic mass is 10.2. The Kier molecular flexibility index (Phi) is 6.82. The number of rotatable bonds is 7. The summed E-state index contributed by atoms with van der Waals surface area (Å²) in [5.41, 5.74) is 0.551. The molecule has 178 valence electrons. The molecule has 1 aromatic heterocycles. The number of carbonyl (C=O) groups is 2. The molecule has 0 saturated heterocycles. The predicted octanol–water partition coefficient (Wildman–Crippen LogP) is 5.30. The highest BCUT2D eigenvalue weighted by Crippen LogP contribution is 2.28. The molecular formula is C27H22O8. The number of aryl methyl sites for hydroxylation is 1. The smallest absolute Gasteiger partial charge is 0.343 e. The van der Waals surface area contributed by atoms with Gasteiger partial charge in [0.1, 0.15) is 28.6 Å². The van der Waals surface area contributed by atoms with Crippen LogP contribution >= 0.6 is 0 Å². The number of methoxy groups -OCH3 is 1. The lowest BCUT2D eigenvalue weighted by Crippen LogP contribution is -2.10. The first kappa shape index (κ1) is 23.6. The second-order valence-corrected chi connectivity index (χ2v) is 7.44. The minimum atomic E-state index is -0.575. The van der Waals surface area contributed by atoms with Crippen molar-refractivity contribution in [2.24, 2.45) is 0 Å². The topological polar surface area (TPSA) is 101 Å². The standard InChI is InChI=1S/C27H22O8/c1-4-32-26(29)17-8-10-19(11-9-17)34-25-16(2)33-23-15-21(12-13-22(23)24(25)28)35-27(30)18-6-5-7-20(14-18)31-3/h5-15H,4H2,1-3H3. The summed E-state index contributed by atoms with van der Waals surface area (Å²) in [6, 6.07) is 17.3. The third-order valence-corrected chi connectivity index (χ3v) is 5.09. The monoisotopic (exact) mass is 474 g/mol. The van der Waals surface area contributed by atoms with Gasteiger partial charge in [-0.2, -0.15) is 0 Å². The summed E-state index contributed by atoms with van der Waals surface area (Å²) in [4.78, 5) is 37.4. The molecule has 4 aromatic rings. The molecule has 0 N–H and O–H groups in total. The first-order chi connectivity index (χ1) is 16.9. The molecule has 35 heavy (non-hydrogen) atoms. The molecule has 0 saturated carbocycles. The van der Waals surface area contributed by atoms with E-state index in [9.17, 15) is 14.4 Å². The van der Waals surface area contributed by atoms with Gasteiger partial charge in [-0.05, 0) is 68.4 Å². The van der Waals surface area contributed by atoms with Gasteiger partial charge < -0.3 is 23.4 Å². The molecule has 0 aliphatic rings. The maximum atomic E-state index is 13.1. The van der Waals surface area contributed by atoms with Crippen LogP contribution in [-0.2, 0) is 4.74 Å². The van der Waals surface area contributed by atoms with Crippen LogP contribution in [0.5, 0.6) is 23.0 Å². The van der Waals surface area contributed by atoms with E-state index in [-0.39, 0.29) is 40.3 Å². The molecule has 8 nitrogen and oxygen atoms in total. The Hall–Kier alpha value is -4.59. The van der Waals surface area contributed by atoms with E-state index in [1.165, 1.54) is 25.3 Å². The Bertz CT molecular complexity index is 1450. The lowest BCUT2D eigenvalue weighted by molar-refractivity contribution is 0.0526. The zero-order chi connectivity index (χ0) is 24.9. The molecule has 0 aliphatic heterocycles. The maximum absolute atomic E-state index is 13.1. The molecule has 0 bridgehead atoms. The third kappa shape index (κ3) is 5.16. The van der Waals surface area contributed by atoms with E-state index in [0.29, 0.717) is 22.6 Å². The average Bonchev–Trinajstić information content (AvgIpc) is 2.87. The fraction of sp³-hybridized carbons (Fsp3) is 0.148. The summed E-state index contributed by atoms with van der Waals surface area (Å²) >= 11 is 0. The van der Waals surface area contributed by atoms with E-state index in [4.69, 9.17) is 23.4 Å². The number of hydrogen-bond donors (Lipinski definition) is 0. The van der Waals surface area contributed by atoms with Gasteiger partial charge in [0.05, 0.1) is 30.2 Å². The normalized spacial score (nSPS) is 10.6. The fourth-order valence-electron chi connectivity index (χ4n) is 3.36. The van der Waals surface area contributed by atoms with Crippen LogP contribution in [0.4, 0.5) is 0 Å². The summed E-state index contributed by atoms with van der Waals surface area (Å²) in [6.45, 7) is 3.60. The number of ether oxygens (including phenoxy) is 4. The quantitative estimate of drug-likeness (QED) is 0.263. The Morgan fingerprint density at radius 1 is 0.857 bits per heavy atom. The fourth-order valence-corrected chi connectivity index (χ4v) is 3.36. The zero-order valence-corrected chi connectivity index (χ0v) is 19.3. The van der Waals surface area contributed by atoms with Crippen LogP contribution in [0.25, 0.3) is 11.0 Å². The summed E-state index contributed by atoms with van der Waals surface area (Å²) < 4.78 is 27.1. The second-order valence-electron chi connectivity index (χ2n) is 7.44. The summed E-state index contributed by atoms with van der Waals surface area (Å²) in [5, 5.41) is 0.259. The van der Waals surface area contributed by atoms with Crippen LogP contribution in [0.3, 0.4) is 0 Å². The molecule has 0 spiro atoms. The molecule has 0 radical (unpaired) electrons. The highest BCUT2D eigenvalue weighted by atomic mass is 16.5. The van der Waals surface area contributed by atoms with Crippen molar-refractivity contribution in [2.75, 3.05) is 13.7 Å². The van der Waals surface area contributed by atoms with E-state index in [1.54, 1.807) is 62.4 Å². The van der Waals surface area contributed by atoms with E-state index in [1.807, 2.05) is 0 Å². The Morgan fingerprint density at radius 3 is 2.31 bits per heavy atom.